The molecule has 0 spiro atoms. The summed E-state index contributed by atoms with van der Waals surface area (Å²) in [5, 5.41) is 9.93. The van der Waals surface area contributed by atoms with Crippen LogP contribution in [0.3, 0.4) is 0 Å². The summed E-state index contributed by atoms with van der Waals surface area (Å²) >= 11 is 0. The van der Waals surface area contributed by atoms with Gasteiger partial charge in [-0.2, -0.15) is 0 Å². The number of carbonyl (C=O) groups is 3. The van der Waals surface area contributed by atoms with Crippen LogP contribution in [-0.2, 0) is 19.6 Å². The van der Waals surface area contributed by atoms with Crippen molar-refractivity contribution in [3.05, 3.63) is 59.8 Å². The lowest BCUT2D eigenvalue weighted by atomic mass is 10.1. The molecule has 4 N–H and O–H groups in total. The van der Waals surface area contributed by atoms with Crippen LogP contribution in [0.25, 0.3) is 6.08 Å². The second-order valence-electron chi connectivity index (χ2n) is 6.24. The molecule has 0 aliphatic carbocycles. The van der Waals surface area contributed by atoms with E-state index < -0.39 is 34.4 Å². The largest absolute Gasteiger partial charge is 0.496 e. The number of amides is 4. The SMILES string of the molecule is COc1ccccc1/C=C1\NC(=O)N(CC(=O)Nc2ccc(S(N)(=O)=O)cc2)C1=O. The van der Waals surface area contributed by atoms with Gasteiger partial charge in [0, 0.05) is 11.3 Å². The number of carbonyl (C=O) groups excluding carboxylic acids is 3. The monoisotopic (exact) mass is 430 g/mol. The van der Waals surface area contributed by atoms with E-state index in [9.17, 15) is 22.8 Å². The van der Waals surface area contributed by atoms with Crippen LogP contribution in [0.15, 0.2) is 59.1 Å². The maximum Gasteiger partial charge on any atom is 0.329 e. The number of hydrogen-bond acceptors (Lipinski definition) is 6. The molecule has 0 aromatic heterocycles. The number of urea groups is 1. The molecule has 1 heterocycles. The molecule has 2 aromatic carbocycles. The van der Waals surface area contributed by atoms with Gasteiger partial charge in [-0.25, -0.2) is 23.3 Å². The standard InChI is InChI=1S/C19H18N4O6S/c1-29-16-5-3-2-4-12(16)10-15-18(25)23(19(26)22-15)11-17(24)21-13-6-8-14(9-7-13)30(20,27)28/h2-10H,11H2,1H3,(H,21,24)(H,22,26)(H2,20,27,28)/b15-10-. The number of imide groups is 1. The molecule has 0 radical (unpaired) electrons. The van der Waals surface area contributed by atoms with Crippen molar-refractivity contribution >= 4 is 39.6 Å². The molecule has 2 aromatic rings. The van der Waals surface area contributed by atoms with Gasteiger partial charge in [0.2, 0.25) is 15.9 Å². The molecule has 10 nitrogen and oxygen atoms in total. The highest BCUT2D eigenvalue weighted by Crippen LogP contribution is 2.22. The third-order valence-electron chi connectivity index (χ3n) is 4.17. The van der Waals surface area contributed by atoms with Crippen LogP contribution in [0, 0.1) is 0 Å². The van der Waals surface area contributed by atoms with E-state index in [0.717, 1.165) is 4.90 Å². The fraction of sp³-hybridized carbons (Fsp3) is 0.105. The molecule has 1 saturated heterocycles. The predicted molar refractivity (Wildman–Crippen MR) is 108 cm³/mol. The Balaban J connectivity index is 1.69. The van der Waals surface area contributed by atoms with E-state index in [1.54, 1.807) is 24.3 Å². The first-order valence-electron chi connectivity index (χ1n) is 8.59. The summed E-state index contributed by atoms with van der Waals surface area (Å²) in [6.07, 6.45) is 1.46. The Hall–Kier alpha value is -3.70. The Bertz CT molecular complexity index is 1140. The molecule has 4 amide bonds. The predicted octanol–water partition coefficient (Wildman–Crippen LogP) is 0.874. The van der Waals surface area contributed by atoms with Crippen molar-refractivity contribution in [3.63, 3.8) is 0 Å². The third-order valence-corrected chi connectivity index (χ3v) is 5.10. The van der Waals surface area contributed by atoms with Crippen molar-refractivity contribution in [2.75, 3.05) is 19.0 Å². The van der Waals surface area contributed by atoms with Crippen LogP contribution >= 0.6 is 0 Å². The first-order chi connectivity index (χ1) is 14.2. The molecule has 1 aliphatic heterocycles. The van der Waals surface area contributed by atoms with E-state index >= 15 is 0 Å². The van der Waals surface area contributed by atoms with Crippen molar-refractivity contribution < 1.29 is 27.5 Å². The van der Waals surface area contributed by atoms with Gasteiger partial charge < -0.3 is 15.4 Å². The average Bonchev–Trinajstić information content (AvgIpc) is 2.95. The zero-order chi connectivity index (χ0) is 21.9. The number of nitrogens with zero attached hydrogens (tertiary/aromatic N) is 1. The minimum Gasteiger partial charge on any atom is -0.496 e. The van der Waals surface area contributed by atoms with Crippen LogP contribution in [0.4, 0.5) is 10.5 Å². The quantitative estimate of drug-likeness (QED) is 0.458. The molecular formula is C19H18N4O6S. The summed E-state index contributed by atoms with van der Waals surface area (Å²) in [6, 6.07) is 11.4. The molecule has 0 saturated carbocycles. The molecule has 1 aliphatic rings. The Labute approximate surface area is 172 Å². The minimum atomic E-state index is -3.85. The van der Waals surface area contributed by atoms with Gasteiger partial charge in [-0.15, -0.1) is 0 Å². The normalized spacial score (nSPS) is 15.3. The van der Waals surface area contributed by atoms with Crippen LogP contribution in [0.1, 0.15) is 5.56 Å². The summed E-state index contributed by atoms with van der Waals surface area (Å²) < 4.78 is 27.7. The molecule has 30 heavy (non-hydrogen) atoms. The summed E-state index contributed by atoms with van der Waals surface area (Å²) in [7, 11) is -2.37. The van der Waals surface area contributed by atoms with Gasteiger partial charge >= 0.3 is 6.03 Å². The number of sulfonamides is 1. The van der Waals surface area contributed by atoms with Crippen LogP contribution < -0.4 is 20.5 Å². The maximum absolute atomic E-state index is 12.5. The first kappa shape index (κ1) is 21.0. The van der Waals surface area contributed by atoms with Gasteiger partial charge in [-0.05, 0) is 36.4 Å². The number of ether oxygens (including phenoxy) is 1. The number of para-hydroxylation sites is 1. The zero-order valence-electron chi connectivity index (χ0n) is 15.8. The fourth-order valence-electron chi connectivity index (χ4n) is 2.73. The highest BCUT2D eigenvalue weighted by molar-refractivity contribution is 7.89. The Morgan fingerprint density at radius 2 is 1.83 bits per heavy atom. The van der Waals surface area contributed by atoms with E-state index in [0.29, 0.717) is 11.3 Å². The number of primary sulfonamides is 1. The number of methoxy groups -OCH3 is 1. The van der Waals surface area contributed by atoms with Gasteiger partial charge in [0.15, 0.2) is 0 Å². The lowest BCUT2D eigenvalue weighted by Gasteiger charge is -2.12. The molecule has 0 bridgehead atoms. The summed E-state index contributed by atoms with van der Waals surface area (Å²) in [6.45, 7) is -0.523. The van der Waals surface area contributed by atoms with Gasteiger partial charge in [-0.3, -0.25) is 9.59 Å². The minimum absolute atomic E-state index is 0.00908. The average molecular weight is 430 g/mol. The van der Waals surface area contributed by atoms with Crippen molar-refractivity contribution in [3.8, 4) is 5.75 Å². The van der Waals surface area contributed by atoms with Crippen molar-refractivity contribution in [2.24, 2.45) is 5.14 Å². The molecule has 1 fully saturated rings. The lowest BCUT2D eigenvalue weighted by Crippen LogP contribution is -2.38. The Morgan fingerprint density at radius 1 is 1.17 bits per heavy atom. The van der Waals surface area contributed by atoms with Crippen LogP contribution in [0.5, 0.6) is 5.75 Å². The van der Waals surface area contributed by atoms with E-state index in [1.165, 1.54) is 37.5 Å². The topological polar surface area (TPSA) is 148 Å². The number of rotatable bonds is 6. The Morgan fingerprint density at radius 3 is 2.47 bits per heavy atom. The van der Waals surface area contributed by atoms with Gasteiger partial charge in [0.05, 0.1) is 12.0 Å². The summed E-state index contributed by atoms with van der Waals surface area (Å²) in [5.41, 5.74) is 0.879. The highest BCUT2D eigenvalue weighted by atomic mass is 32.2. The van der Waals surface area contributed by atoms with Gasteiger partial charge in [0.1, 0.15) is 18.0 Å². The van der Waals surface area contributed by atoms with Gasteiger partial charge in [-0.1, -0.05) is 18.2 Å². The fourth-order valence-corrected chi connectivity index (χ4v) is 3.24. The Kier molecular flexibility index (Phi) is 5.85. The third kappa shape index (κ3) is 4.64. The number of nitrogens with one attached hydrogen (secondary N) is 2. The second kappa shape index (κ2) is 8.35. The van der Waals surface area contributed by atoms with Crippen LogP contribution in [-0.4, -0.2) is 44.8 Å². The summed E-state index contributed by atoms with van der Waals surface area (Å²) in [5.74, 6) is -0.780. The summed E-state index contributed by atoms with van der Waals surface area (Å²) in [4.78, 5) is 37.6. The molecule has 3 rings (SSSR count). The van der Waals surface area contributed by atoms with Crippen LogP contribution in [0.2, 0.25) is 0 Å². The van der Waals surface area contributed by atoms with E-state index in [4.69, 9.17) is 9.88 Å². The smallest absolute Gasteiger partial charge is 0.329 e. The van der Waals surface area contributed by atoms with E-state index in [1.807, 2.05) is 0 Å². The van der Waals surface area contributed by atoms with Crippen molar-refractivity contribution in [2.45, 2.75) is 4.90 Å². The zero-order valence-corrected chi connectivity index (χ0v) is 16.6. The molecule has 0 atom stereocenters. The van der Waals surface area contributed by atoms with E-state index in [2.05, 4.69) is 10.6 Å². The number of anilines is 1. The van der Waals surface area contributed by atoms with E-state index in [-0.39, 0.29) is 16.3 Å². The number of benzene rings is 2. The number of nitrogens with two attached hydrogens (primary N) is 1. The molecule has 156 valence electrons. The van der Waals surface area contributed by atoms with Gasteiger partial charge in [0.25, 0.3) is 5.91 Å². The second-order valence-corrected chi connectivity index (χ2v) is 7.80. The van der Waals surface area contributed by atoms with Crippen molar-refractivity contribution in [1.29, 1.82) is 0 Å². The molecule has 0 unspecified atom stereocenters. The van der Waals surface area contributed by atoms with Crippen molar-refractivity contribution in [1.82, 2.24) is 10.2 Å². The molecule has 11 heteroatoms. The molecular weight excluding hydrogens is 412 g/mol. The highest BCUT2D eigenvalue weighted by Gasteiger charge is 2.35. The first-order valence-corrected chi connectivity index (χ1v) is 10.1. The lowest BCUT2D eigenvalue weighted by molar-refractivity contribution is -0.127. The maximum atomic E-state index is 12.5. The number of hydrogen-bond donors (Lipinski definition) is 3.